The summed E-state index contributed by atoms with van der Waals surface area (Å²) in [6.45, 7) is 0. The summed E-state index contributed by atoms with van der Waals surface area (Å²) >= 11 is 7.06. The minimum atomic E-state index is -3.78. The average Bonchev–Trinajstić information content (AvgIpc) is 3.04. The van der Waals surface area contributed by atoms with Gasteiger partial charge in [-0.25, -0.2) is 8.42 Å². The van der Waals surface area contributed by atoms with E-state index in [0.29, 0.717) is 20.8 Å². The summed E-state index contributed by atoms with van der Waals surface area (Å²) < 4.78 is 27.4. The Bertz CT molecular complexity index is 967. The van der Waals surface area contributed by atoms with Crippen LogP contribution in [0.25, 0.3) is 10.9 Å². The summed E-state index contributed by atoms with van der Waals surface area (Å²) in [5, 5.41) is 11.7. The monoisotopic (exact) mass is 337 g/mol. The fourth-order valence-corrected chi connectivity index (χ4v) is 4.10. The molecule has 106 valence electrons. The first kappa shape index (κ1) is 13.9. The van der Waals surface area contributed by atoms with Crippen LogP contribution < -0.4 is 4.72 Å². The molecule has 2 N–H and O–H groups in total. The highest BCUT2D eigenvalue weighted by Crippen LogP contribution is 2.29. The number of anilines is 1. The van der Waals surface area contributed by atoms with E-state index < -0.39 is 10.0 Å². The number of halogens is 1. The van der Waals surface area contributed by atoms with Crippen molar-refractivity contribution >= 4 is 49.6 Å². The highest BCUT2D eigenvalue weighted by molar-refractivity contribution is 7.93. The summed E-state index contributed by atoms with van der Waals surface area (Å²) in [5.41, 5.74) is 0.916. The number of aromatic amines is 1. The van der Waals surface area contributed by atoms with Gasteiger partial charge in [-0.2, -0.15) is 5.26 Å². The van der Waals surface area contributed by atoms with E-state index in [0.717, 1.165) is 0 Å². The molecule has 21 heavy (non-hydrogen) atoms. The standard InChI is InChI=1S/C13H8ClN3O2S2/c14-8-1-2-9-11(5-8)16-7-13(9)21(18,19)17-10-3-4-20-12(10)6-15/h1-5,7,16-17H. The Morgan fingerprint density at radius 1 is 1.33 bits per heavy atom. The second kappa shape index (κ2) is 5.07. The number of thiophene rings is 1. The molecule has 0 radical (unpaired) electrons. The zero-order chi connectivity index (χ0) is 15.0. The minimum absolute atomic E-state index is 0.115. The van der Waals surface area contributed by atoms with Crippen LogP contribution in [0.1, 0.15) is 4.88 Å². The summed E-state index contributed by atoms with van der Waals surface area (Å²) in [4.78, 5) is 3.31. The lowest BCUT2D eigenvalue weighted by Crippen LogP contribution is -2.12. The maximum atomic E-state index is 12.5. The smallest absolute Gasteiger partial charge is 0.264 e. The molecular weight excluding hydrogens is 330 g/mol. The van der Waals surface area contributed by atoms with Gasteiger partial charge in [-0.05, 0) is 29.6 Å². The molecule has 0 amide bonds. The Kier molecular flexibility index (Phi) is 3.37. The number of aromatic nitrogens is 1. The largest absolute Gasteiger partial charge is 0.360 e. The van der Waals surface area contributed by atoms with E-state index in [1.54, 1.807) is 29.6 Å². The summed E-state index contributed by atoms with van der Waals surface area (Å²) in [5.74, 6) is 0. The van der Waals surface area contributed by atoms with Crippen LogP contribution >= 0.6 is 22.9 Å². The second-order valence-electron chi connectivity index (χ2n) is 4.22. The zero-order valence-corrected chi connectivity index (χ0v) is 12.8. The van der Waals surface area contributed by atoms with Crippen molar-refractivity contribution in [3.05, 3.63) is 45.7 Å². The number of H-pyrrole nitrogens is 1. The molecule has 3 rings (SSSR count). The highest BCUT2D eigenvalue weighted by atomic mass is 35.5. The number of rotatable bonds is 3. The van der Waals surface area contributed by atoms with Crippen LogP contribution in [0.3, 0.4) is 0 Å². The Morgan fingerprint density at radius 2 is 2.14 bits per heavy atom. The maximum absolute atomic E-state index is 12.5. The van der Waals surface area contributed by atoms with Crippen LogP contribution in [0.5, 0.6) is 0 Å². The number of fused-ring (bicyclic) bond motifs is 1. The average molecular weight is 338 g/mol. The molecule has 2 heterocycles. The zero-order valence-electron chi connectivity index (χ0n) is 10.4. The van der Waals surface area contributed by atoms with E-state index in [1.165, 1.54) is 17.5 Å². The Labute approximate surface area is 129 Å². The van der Waals surface area contributed by atoms with E-state index in [9.17, 15) is 8.42 Å². The lowest BCUT2D eigenvalue weighted by molar-refractivity contribution is 0.602. The summed E-state index contributed by atoms with van der Waals surface area (Å²) in [6, 6.07) is 8.44. The number of nitriles is 1. The molecular formula is C13H8ClN3O2S2. The highest BCUT2D eigenvalue weighted by Gasteiger charge is 2.20. The van der Waals surface area contributed by atoms with Crippen molar-refractivity contribution in [1.29, 1.82) is 5.26 Å². The molecule has 0 spiro atoms. The van der Waals surface area contributed by atoms with Gasteiger partial charge >= 0.3 is 0 Å². The van der Waals surface area contributed by atoms with Gasteiger partial charge < -0.3 is 4.98 Å². The molecule has 3 aromatic rings. The molecule has 0 atom stereocenters. The number of nitrogens with one attached hydrogen (secondary N) is 2. The van der Waals surface area contributed by atoms with Crippen LogP contribution in [0.15, 0.2) is 40.7 Å². The lowest BCUT2D eigenvalue weighted by Gasteiger charge is -2.05. The van der Waals surface area contributed by atoms with E-state index in [1.807, 2.05) is 6.07 Å². The first-order chi connectivity index (χ1) is 10.0. The third-order valence-electron chi connectivity index (χ3n) is 2.91. The fourth-order valence-electron chi connectivity index (χ4n) is 1.97. The first-order valence-electron chi connectivity index (χ1n) is 5.78. The second-order valence-corrected chi connectivity index (χ2v) is 7.23. The molecule has 0 unspecified atom stereocenters. The van der Waals surface area contributed by atoms with Crippen molar-refractivity contribution in [3.63, 3.8) is 0 Å². The molecule has 8 heteroatoms. The molecule has 2 aromatic heterocycles. The van der Waals surface area contributed by atoms with Gasteiger partial charge in [0.1, 0.15) is 15.8 Å². The normalized spacial score (nSPS) is 11.4. The van der Waals surface area contributed by atoms with E-state index in [2.05, 4.69) is 9.71 Å². The van der Waals surface area contributed by atoms with Gasteiger partial charge in [-0.15, -0.1) is 11.3 Å². The van der Waals surface area contributed by atoms with Gasteiger partial charge in [0.2, 0.25) is 0 Å². The van der Waals surface area contributed by atoms with E-state index >= 15 is 0 Å². The van der Waals surface area contributed by atoms with Crippen LogP contribution in [-0.2, 0) is 10.0 Å². The number of nitrogens with zero attached hydrogens (tertiary/aromatic N) is 1. The van der Waals surface area contributed by atoms with Gasteiger partial charge in [0.25, 0.3) is 10.0 Å². The van der Waals surface area contributed by atoms with Gasteiger partial charge in [-0.1, -0.05) is 11.6 Å². The van der Waals surface area contributed by atoms with Crippen LogP contribution in [0.4, 0.5) is 5.69 Å². The molecule has 0 saturated heterocycles. The SMILES string of the molecule is N#Cc1sccc1NS(=O)(=O)c1c[nH]c2cc(Cl)ccc12. The fraction of sp³-hybridized carbons (Fsp3) is 0. The van der Waals surface area contributed by atoms with Gasteiger partial charge in [0, 0.05) is 22.1 Å². The van der Waals surface area contributed by atoms with E-state index in [4.69, 9.17) is 16.9 Å². The van der Waals surface area contributed by atoms with Crippen molar-refractivity contribution in [2.75, 3.05) is 4.72 Å². The Hall–Kier alpha value is -2.01. The van der Waals surface area contributed by atoms with Gasteiger partial charge in [-0.3, -0.25) is 4.72 Å². The lowest BCUT2D eigenvalue weighted by atomic mass is 10.2. The maximum Gasteiger partial charge on any atom is 0.264 e. The third kappa shape index (κ3) is 2.49. The molecule has 0 bridgehead atoms. The number of hydrogen-bond donors (Lipinski definition) is 2. The summed E-state index contributed by atoms with van der Waals surface area (Å²) in [7, 11) is -3.78. The Balaban J connectivity index is 2.07. The van der Waals surface area contributed by atoms with Crippen LogP contribution in [0.2, 0.25) is 5.02 Å². The van der Waals surface area contributed by atoms with Crippen LogP contribution in [0, 0.1) is 11.3 Å². The minimum Gasteiger partial charge on any atom is -0.360 e. The quantitative estimate of drug-likeness (QED) is 0.766. The van der Waals surface area contributed by atoms with E-state index in [-0.39, 0.29) is 10.6 Å². The number of benzene rings is 1. The summed E-state index contributed by atoms with van der Waals surface area (Å²) in [6.07, 6.45) is 1.40. The molecule has 1 aromatic carbocycles. The third-order valence-corrected chi connectivity index (χ3v) is 5.37. The first-order valence-corrected chi connectivity index (χ1v) is 8.52. The molecule has 5 nitrogen and oxygen atoms in total. The molecule has 0 aliphatic rings. The van der Waals surface area contributed by atoms with Gasteiger partial charge in [0.15, 0.2) is 0 Å². The molecule has 0 saturated carbocycles. The molecule has 0 fully saturated rings. The van der Waals surface area contributed by atoms with Gasteiger partial charge in [0.05, 0.1) is 5.69 Å². The number of sulfonamides is 1. The van der Waals surface area contributed by atoms with Crippen molar-refractivity contribution in [1.82, 2.24) is 4.98 Å². The van der Waals surface area contributed by atoms with Crippen molar-refractivity contribution in [3.8, 4) is 6.07 Å². The predicted octanol–water partition coefficient (Wildman–Crippen LogP) is 3.56. The predicted molar refractivity (Wildman–Crippen MR) is 83.2 cm³/mol. The van der Waals surface area contributed by atoms with Crippen LogP contribution in [-0.4, -0.2) is 13.4 Å². The van der Waals surface area contributed by atoms with Crippen molar-refractivity contribution < 1.29 is 8.42 Å². The van der Waals surface area contributed by atoms with Crippen molar-refractivity contribution in [2.45, 2.75) is 4.90 Å². The Morgan fingerprint density at radius 3 is 2.90 bits per heavy atom. The number of hydrogen-bond acceptors (Lipinski definition) is 4. The molecule has 0 aliphatic carbocycles. The molecule has 0 aliphatic heterocycles. The van der Waals surface area contributed by atoms with Crippen molar-refractivity contribution in [2.24, 2.45) is 0 Å². The topological polar surface area (TPSA) is 85.8 Å².